The number of fused-ring (bicyclic) bond motifs is 2. The molecular weight excluding hydrogens is 939 g/mol. The number of ether oxygens (including phenoxy) is 6. The van der Waals surface area contributed by atoms with E-state index in [0.29, 0.717) is 23.9 Å². The maximum atomic E-state index is 12.6. The average Bonchev–Trinajstić information content (AvgIpc) is 4.02. The number of aliphatic hydroxyl groups is 4. The van der Waals surface area contributed by atoms with Gasteiger partial charge >= 0.3 is 5.65 Å². The zero-order valence-electron chi connectivity index (χ0n) is 33.6. The van der Waals surface area contributed by atoms with Crippen molar-refractivity contribution in [2.45, 2.75) is 55.6 Å². The maximum absolute atomic E-state index is 12.6. The highest BCUT2D eigenvalue weighted by Gasteiger charge is 2.48. The lowest BCUT2D eigenvalue weighted by molar-refractivity contribution is -0.746. The van der Waals surface area contributed by atoms with Crippen molar-refractivity contribution in [3.63, 3.8) is 0 Å². The van der Waals surface area contributed by atoms with E-state index < -0.39 is 67.1 Å². The highest BCUT2D eigenvalue weighted by molar-refractivity contribution is 9.09. The topological polar surface area (TPSA) is 310 Å². The van der Waals surface area contributed by atoms with Crippen LogP contribution in [0.2, 0.25) is 10.0 Å². The molecule has 2 aromatic carbocycles. The van der Waals surface area contributed by atoms with Crippen molar-refractivity contribution in [3.8, 4) is 17.4 Å². The molecular formula is C38H45BrCl2N10O12. The molecule has 0 radical (unpaired) electrons. The number of hydrogen-bond acceptors (Lipinski definition) is 18. The Balaban J connectivity index is 0.000000177. The van der Waals surface area contributed by atoms with Crippen LogP contribution in [0.1, 0.15) is 12.5 Å². The smallest absolute Gasteiger partial charge is 0.309 e. The van der Waals surface area contributed by atoms with Crippen LogP contribution in [0.3, 0.4) is 0 Å². The second-order valence-electron chi connectivity index (χ2n) is 13.7. The molecule has 9 N–H and O–H groups in total. The Morgan fingerprint density at radius 3 is 2.06 bits per heavy atom. The van der Waals surface area contributed by atoms with Crippen molar-refractivity contribution < 1.29 is 58.5 Å². The summed E-state index contributed by atoms with van der Waals surface area (Å²) in [4.78, 5) is 30.0. The largest absolute Gasteiger partial charge is 0.856 e. The number of benzene rings is 2. The van der Waals surface area contributed by atoms with Gasteiger partial charge in [-0.2, -0.15) is 4.98 Å². The first-order valence-corrected chi connectivity index (χ1v) is 20.9. The van der Waals surface area contributed by atoms with Gasteiger partial charge in [0, 0.05) is 35.5 Å². The molecule has 25 heteroatoms. The predicted octanol–water partition coefficient (Wildman–Crippen LogP) is 0.454. The normalized spacial score (nSPS) is 23.0. The molecule has 4 aromatic heterocycles. The number of aliphatic hydroxyl groups excluding tert-OH is 4. The molecule has 8 rings (SSSR count). The number of aromatic nitrogens is 8. The second-order valence-corrected chi connectivity index (χ2v) is 15.4. The molecule has 2 fully saturated rings. The quantitative estimate of drug-likeness (QED) is 0.0610. The van der Waals surface area contributed by atoms with Gasteiger partial charge in [0.15, 0.2) is 29.2 Å². The summed E-state index contributed by atoms with van der Waals surface area (Å²) in [6, 6.07) is 14.2. The van der Waals surface area contributed by atoms with Gasteiger partial charge in [-0.05, 0) is 48.5 Å². The number of rotatable bonds is 13. The Morgan fingerprint density at radius 2 is 1.48 bits per heavy atom. The third-order valence-corrected chi connectivity index (χ3v) is 10.6. The van der Waals surface area contributed by atoms with Gasteiger partial charge in [0.25, 0.3) is 11.5 Å². The molecule has 6 heterocycles. The Hall–Kier alpha value is -4.92. The Kier molecular flexibility index (Phi) is 16.3. The molecule has 0 unspecified atom stereocenters. The number of halogens is 3. The van der Waals surface area contributed by atoms with Gasteiger partial charge in [0.1, 0.15) is 61.3 Å². The minimum absolute atomic E-state index is 0.0551. The molecule has 0 spiro atoms. The van der Waals surface area contributed by atoms with Gasteiger partial charge in [-0.25, -0.2) is 14.5 Å². The van der Waals surface area contributed by atoms with E-state index >= 15 is 0 Å². The summed E-state index contributed by atoms with van der Waals surface area (Å²) in [6.07, 6.45) is -3.90. The van der Waals surface area contributed by atoms with E-state index in [-0.39, 0.29) is 47.4 Å². The molecule has 2 saturated heterocycles. The van der Waals surface area contributed by atoms with E-state index in [1.165, 1.54) is 25.1 Å². The fraction of sp³-hybridized carbons (Fsp3) is 0.421. The van der Waals surface area contributed by atoms with E-state index in [0.717, 1.165) is 16.1 Å². The number of nitrogens with two attached hydrogens (primary N) is 2. The van der Waals surface area contributed by atoms with Crippen molar-refractivity contribution in [3.05, 3.63) is 81.6 Å². The highest BCUT2D eigenvalue weighted by atomic mass is 79.9. The van der Waals surface area contributed by atoms with E-state index in [1.807, 2.05) is 24.3 Å². The Morgan fingerprint density at radius 1 is 0.889 bits per heavy atom. The highest BCUT2D eigenvalue weighted by Crippen LogP contribution is 2.33. The predicted molar refractivity (Wildman–Crippen MR) is 227 cm³/mol. The van der Waals surface area contributed by atoms with Gasteiger partial charge in [-0.1, -0.05) is 44.1 Å². The first-order valence-electron chi connectivity index (χ1n) is 19.1. The number of hydrogen-bond donors (Lipinski definition) is 7. The van der Waals surface area contributed by atoms with Crippen molar-refractivity contribution >= 4 is 73.4 Å². The van der Waals surface area contributed by atoms with Crippen molar-refractivity contribution in [1.29, 1.82) is 0 Å². The molecule has 340 valence electrons. The molecule has 0 bridgehead atoms. The first kappa shape index (κ1) is 47.6. The van der Waals surface area contributed by atoms with E-state index in [1.54, 1.807) is 39.7 Å². The molecule has 6 aromatic rings. The number of nitrogens with one attached hydrogen (secondary N) is 1. The summed E-state index contributed by atoms with van der Waals surface area (Å²) in [5.74, 6) is 0.685. The number of nitrogen functional groups attached to an aromatic ring is 2. The van der Waals surface area contributed by atoms with Crippen LogP contribution in [0.5, 0.6) is 17.4 Å². The van der Waals surface area contributed by atoms with Crippen LogP contribution in [0, 0.1) is 0 Å². The lowest BCUT2D eigenvalue weighted by atomic mass is 10.1. The van der Waals surface area contributed by atoms with Crippen LogP contribution >= 0.6 is 39.1 Å². The minimum Gasteiger partial charge on any atom is -0.856 e. The number of anilines is 2. The van der Waals surface area contributed by atoms with E-state index in [2.05, 4.69) is 40.8 Å². The van der Waals surface area contributed by atoms with Gasteiger partial charge < -0.3 is 65.4 Å². The number of alkyl halides is 1. The van der Waals surface area contributed by atoms with Crippen LogP contribution in [0.25, 0.3) is 22.3 Å². The van der Waals surface area contributed by atoms with Crippen LogP contribution in [-0.4, -0.2) is 137 Å². The van der Waals surface area contributed by atoms with Gasteiger partial charge in [0.2, 0.25) is 12.2 Å². The number of methoxy groups -OCH3 is 2. The second kappa shape index (κ2) is 21.6. The van der Waals surface area contributed by atoms with E-state index in [9.17, 15) is 30.3 Å². The van der Waals surface area contributed by atoms with Crippen molar-refractivity contribution in [1.82, 2.24) is 34.1 Å². The minimum atomic E-state index is -1.06. The van der Waals surface area contributed by atoms with Crippen LogP contribution in [0.4, 0.5) is 11.9 Å². The van der Waals surface area contributed by atoms with Gasteiger partial charge in [-0.15, -0.1) is 0 Å². The third-order valence-electron chi connectivity index (χ3n) is 9.75. The van der Waals surface area contributed by atoms with Crippen molar-refractivity contribution in [2.24, 2.45) is 0 Å². The maximum Gasteiger partial charge on any atom is 0.309 e. The Labute approximate surface area is 376 Å². The van der Waals surface area contributed by atoms with Gasteiger partial charge in [-0.3, -0.25) is 18.9 Å². The summed E-state index contributed by atoms with van der Waals surface area (Å²) in [7, 11) is 2.84. The van der Waals surface area contributed by atoms with Crippen LogP contribution < -0.4 is 36.2 Å². The SMILES string of the molecule is CO[C@@H]1[C@H](O)[C@@H](CO)O[C@H]1[n+]1cn(CCOc2ccc(Cl)cc2)c2c([O-])nc(N)nc21.CO[C@@H]1[C@H](O)[C@@H](CO)O[C@H]1n1cnc2c(=O)[nH]c(N)nc21.Clc1ccc(OCCBr)cc1. The number of imidazole rings is 2. The average molecular weight is 985 g/mol. The molecule has 8 atom stereocenters. The summed E-state index contributed by atoms with van der Waals surface area (Å²) in [5, 5.41) is 53.9. The zero-order valence-corrected chi connectivity index (χ0v) is 36.7. The summed E-state index contributed by atoms with van der Waals surface area (Å²) in [5.41, 5.74) is 11.5. The fourth-order valence-corrected chi connectivity index (χ4v) is 7.21. The number of H-pyrrole nitrogens is 1. The monoisotopic (exact) mass is 982 g/mol. The fourth-order valence-electron chi connectivity index (χ4n) is 6.79. The van der Waals surface area contributed by atoms with Gasteiger partial charge in [0.05, 0.1) is 26.1 Å². The molecule has 0 amide bonds. The molecule has 0 saturated carbocycles. The molecule has 63 heavy (non-hydrogen) atoms. The van der Waals surface area contributed by atoms with Crippen molar-refractivity contribution in [2.75, 3.05) is 57.4 Å². The summed E-state index contributed by atoms with van der Waals surface area (Å²) in [6.45, 7) is 0.471. The molecule has 2 aliphatic heterocycles. The lowest BCUT2D eigenvalue weighted by Gasteiger charge is -2.19. The Bertz CT molecular complexity index is 2480. The standard InChI is InChI=1S/C19H22ClN5O6.C11H15N5O5.C8H8BrClO/c1-29-15-14(27)12(8-26)31-18(15)25-9-24(13-16(25)22-19(21)23-17(13)28)6-7-30-11-4-2-10(20)3-5-11;1-20-7-6(18)4(2-17)21-10(7)16-3-13-5-8(16)14-11(12)15-9(5)19;9-5-6-11-8-3-1-7(10)2-4-8/h2-5,9,12,14-15,18,26-27H,6-8H2,1H3,(H2-,21,22,23,28);3-4,6-7,10,17-18H,2H2,1H3,(H3,12,14,15,19);1-4H,5-6H2/t12-,14-,15-,18-;4-,6-,7-,10-;/m11./s1. The molecule has 22 nitrogen and oxygen atoms in total. The molecule has 2 aliphatic rings. The van der Waals surface area contributed by atoms with Crippen LogP contribution in [-0.2, 0) is 25.5 Å². The van der Waals surface area contributed by atoms with E-state index in [4.69, 9.17) is 63.1 Å². The van der Waals surface area contributed by atoms with Crippen LogP contribution in [0.15, 0.2) is 66.0 Å². The summed E-state index contributed by atoms with van der Waals surface area (Å²) < 4.78 is 37.6. The molecule has 0 aliphatic carbocycles. The zero-order chi connectivity index (χ0) is 45.4. The third kappa shape index (κ3) is 10.9. The number of nitrogens with zero attached hydrogens (tertiary/aromatic N) is 7. The lowest BCUT2D eigenvalue weighted by Crippen LogP contribution is -2.46. The number of aromatic amines is 1. The summed E-state index contributed by atoms with van der Waals surface area (Å²) >= 11 is 14.8. The first-order chi connectivity index (χ1) is 30.3.